The van der Waals surface area contributed by atoms with Crippen LogP contribution >= 0.6 is 0 Å². The summed E-state index contributed by atoms with van der Waals surface area (Å²) in [6, 6.07) is 17.5. The molecule has 0 radical (unpaired) electrons. The number of nitrogens with zero attached hydrogens (tertiary/aromatic N) is 1. The minimum atomic E-state index is -0.980. The van der Waals surface area contributed by atoms with Crippen LogP contribution in [0.4, 0.5) is 13.6 Å². The van der Waals surface area contributed by atoms with Crippen LogP contribution < -0.4 is 22.3 Å². The van der Waals surface area contributed by atoms with Crippen LogP contribution in [0.3, 0.4) is 0 Å². The average molecular weight is 587 g/mol. The number of phenolic OH excluding ortho intramolecular Hbond substituents is 1. The number of aromatic hydroxyl groups is 1. The summed E-state index contributed by atoms with van der Waals surface area (Å²) >= 11 is 0. The average Bonchev–Trinajstić information content (AvgIpc) is 2.88. The third kappa shape index (κ3) is 6.22. The predicted molar refractivity (Wildman–Crippen MR) is 133 cm³/mol. The predicted octanol–water partition coefficient (Wildman–Crippen LogP) is 1.98. The fourth-order valence-corrected chi connectivity index (χ4v) is 5.68. The molecule has 9 heteroatoms. The number of rotatable bonds is 7. The van der Waals surface area contributed by atoms with E-state index in [9.17, 15) is 23.5 Å². The van der Waals surface area contributed by atoms with Crippen LogP contribution in [0.2, 0.25) is 0 Å². The minimum absolute atomic E-state index is 0. The van der Waals surface area contributed by atoms with Crippen molar-refractivity contribution in [2.75, 3.05) is 26.2 Å². The first-order valence-electron chi connectivity index (χ1n) is 12.5. The fraction of sp³-hybridized carbons (Fsp3) is 0.310. The highest BCUT2D eigenvalue weighted by Gasteiger charge is 2.47. The number of phenols is 1. The number of ether oxygens (including phenoxy) is 1. The topological polar surface area (TPSA) is 75.6 Å². The summed E-state index contributed by atoms with van der Waals surface area (Å²) in [5.41, 5.74) is 1.35. The molecule has 3 aromatic carbocycles. The van der Waals surface area contributed by atoms with Crippen molar-refractivity contribution in [2.24, 2.45) is 5.92 Å². The molecule has 0 spiro atoms. The lowest BCUT2D eigenvalue weighted by Crippen LogP contribution is -3.00. The molecular formula is C29H29BrF2N2O4. The lowest BCUT2D eigenvalue weighted by atomic mass is 9.81. The number of piperidine rings is 3. The monoisotopic (exact) mass is 586 g/mol. The molecule has 2 bridgehead atoms. The summed E-state index contributed by atoms with van der Waals surface area (Å²) in [5, 5.41) is 12.5. The molecule has 0 aliphatic carbocycles. The summed E-state index contributed by atoms with van der Waals surface area (Å²) in [4.78, 5) is 26.1. The molecule has 6 nitrogen and oxygen atoms in total. The number of hydrogen-bond acceptors (Lipinski definition) is 4. The Bertz CT molecular complexity index is 1250. The number of hydrogen-bond donors (Lipinski definition) is 2. The fourth-order valence-electron chi connectivity index (χ4n) is 5.68. The smallest absolute Gasteiger partial charge is 0.408 e. The van der Waals surface area contributed by atoms with Gasteiger partial charge in [0, 0.05) is 18.4 Å². The Morgan fingerprint density at radius 3 is 2.08 bits per heavy atom. The molecule has 200 valence electrons. The Kier molecular flexibility index (Phi) is 8.47. The van der Waals surface area contributed by atoms with Gasteiger partial charge >= 0.3 is 6.09 Å². The summed E-state index contributed by atoms with van der Waals surface area (Å²) in [5.74, 6) is -0.577. The quantitative estimate of drug-likeness (QED) is 0.328. The van der Waals surface area contributed by atoms with E-state index in [0.29, 0.717) is 34.3 Å². The molecule has 3 aromatic rings. The highest BCUT2D eigenvalue weighted by molar-refractivity contribution is 5.97. The molecule has 38 heavy (non-hydrogen) atoms. The molecule has 3 heterocycles. The number of halogens is 3. The van der Waals surface area contributed by atoms with Gasteiger partial charge in [0.2, 0.25) is 5.78 Å². The van der Waals surface area contributed by atoms with E-state index in [-0.39, 0.29) is 40.5 Å². The zero-order valence-electron chi connectivity index (χ0n) is 20.7. The number of Topliss-reactive ketones (excluding diaryl/α,β-unsaturated/α-hetero) is 1. The van der Waals surface area contributed by atoms with E-state index in [1.165, 1.54) is 48.5 Å². The third-order valence-corrected chi connectivity index (χ3v) is 7.60. The van der Waals surface area contributed by atoms with Gasteiger partial charge in [0.05, 0.1) is 25.7 Å². The van der Waals surface area contributed by atoms with Crippen molar-refractivity contribution < 1.29 is 49.7 Å². The molecule has 0 aromatic heterocycles. The van der Waals surface area contributed by atoms with Crippen LogP contribution in [-0.2, 0) is 4.74 Å². The number of ketones is 1. The molecule has 0 unspecified atom stereocenters. The standard InChI is InChI=1S/C29H28F2N2O4.BrH/c30-23-5-1-3-21(15-23)28(22-4-2-6-24(31)16-22)37-29(36)32-26-17-33(13-11-19(26)12-14-33)18-27(35)20-7-9-25(34)10-8-20;/h1-10,15-16,19,26,28H,11-14,17-18H2,(H-,32,34,35,36);1H/t19?,26-,33?;/m0./s1. The summed E-state index contributed by atoms with van der Waals surface area (Å²) in [7, 11) is 0. The Balaban J connectivity index is 0.00000336. The highest BCUT2D eigenvalue weighted by Crippen LogP contribution is 2.35. The Hall–Kier alpha value is -3.30. The Morgan fingerprint density at radius 1 is 0.947 bits per heavy atom. The van der Waals surface area contributed by atoms with Crippen LogP contribution in [0.1, 0.15) is 40.4 Å². The van der Waals surface area contributed by atoms with Gasteiger partial charge in [0.15, 0.2) is 6.10 Å². The van der Waals surface area contributed by atoms with Crippen molar-refractivity contribution in [3.05, 3.63) is 101 Å². The zero-order chi connectivity index (χ0) is 26.0. The Labute approximate surface area is 230 Å². The van der Waals surface area contributed by atoms with Crippen molar-refractivity contribution in [1.29, 1.82) is 0 Å². The summed E-state index contributed by atoms with van der Waals surface area (Å²) in [6.07, 6.45) is 0.114. The zero-order valence-corrected chi connectivity index (χ0v) is 22.2. The molecule has 3 saturated heterocycles. The van der Waals surface area contributed by atoms with Crippen molar-refractivity contribution in [1.82, 2.24) is 5.32 Å². The maximum atomic E-state index is 14.0. The first-order valence-corrected chi connectivity index (χ1v) is 12.5. The van der Waals surface area contributed by atoms with Gasteiger partial charge in [0.25, 0.3) is 0 Å². The molecule has 0 saturated carbocycles. The lowest BCUT2D eigenvalue weighted by molar-refractivity contribution is -0.936. The maximum absolute atomic E-state index is 14.0. The molecule has 1 atom stereocenters. The number of fused-ring (bicyclic) bond motifs is 3. The van der Waals surface area contributed by atoms with Gasteiger partial charge in [-0.25, -0.2) is 13.6 Å². The number of quaternary nitrogens is 1. The van der Waals surface area contributed by atoms with E-state index in [4.69, 9.17) is 4.74 Å². The summed E-state index contributed by atoms with van der Waals surface area (Å²) in [6.45, 7) is 2.64. The van der Waals surface area contributed by atoms with Crippen LogP contribution in [0, 0.1) is 17.6 Å². The van der Waals surface area contributed by atoms with Crippen molar-refractivity contribution in [3.63, 3.8) is 0 Å². The largest absolute Gasteiger partial charge is 1.00 e. The first-order chi connectivity index (χ1) is 17.8. The highest BCUT2D eigenvalue weighted by atomic mass is 79.9. The molecule has 6 rings (SSSR count). The second-order valence-corrected chi connectivity index (χ2v) is 10.1. The molecule has 1 amide bonds. The molecular weight excluding hydrogens is 558 g/mol. The first kappa shape index (κ1) is 27.7. The van der Waals surface area contributed by atoms with Crippen molar-refractivity contribution >= 4 is 11.9 Å². The van der Waals surface area contributed by atoms with Gasteiger partial charge in [-0.15, -0.1) is 0 Å². The summed E-state index contributed by atoms with van der Waals surface area (Å²) < 4.78 is 34.2. The van der Waals surface area contributed by atoms with E-state index < -0.39 is 23.8 Å². The minimum Gasteiger partial charge on any atom is -1.00 e. The second kappa shape index (κ2) is 11.6. The molecule has 2 N–H and O–H groups in total. The third-order valence-electron chi connectivity index (χ3n) is 7.60. The van der Waals surface area contributed by atoms with Crippen LogP contribution in [0.25, 0.3) is 0 Å². The van der Waals surface area contributed by atoms with Gasteiger partial charge in [-0.1, -0.05) is 24.3 Å². The van der Waals surface area contributed by atoms with Crippen LogP contribution in [0.15, 0.2) is 72.8 Å². The van der Waals surface area contributed by atoms with Gasteiger partial charge in [-0.05, 0) is 65.6 Å². The number of nitrogens with one attached hydrogen (secondary N) is 1. The number of carbonyl (C=O) groups excluding carboxylic acids is 2. The van der Waals surface area contributed by atoms with E-state index >= 15 is 0 Å². The van der Waals surface area contributed by atoms with Crippen molar-refractivity contribution in [2.45, 2.75) is 25.0 Å². The van der Waals surface area contributed by atoms with Crippen LogP contribution in [-0.4, -0.2) is 53.7 Å². The van der Waals surface area contributed by atoms with E-state index in [0.717, 1.165) is 25.9 Å². The van der Waals surface area contributed by atoms with Gasteiger partial charge in [-0.2, -0.15) is 0 Å². The SMILES string of the molecule is O=C(N[C@H]1C[N+]2(CC(=O)c3ccc(O)cc3)CCC1CC2)OC(c1cccc(F)c1)c1cccc(F)c1.[Br-]. The van der Waals surface area contributed by atoms with Crippen molar-refractivity contribution in [3.8, 4) is 5.75 Å². The molecule has 3 aliphatic heterocycles. The molecule has 3 aliphatic rings. The van der Waals surface area contributed by atoms with E-state index in [1.807, 2.05) is 0 Å². The Morgan fingerprint density at radius 2 is 1.53 bits per heavy atom. The number of alkyl carbamates (subject to hydrolysis) is 1. The van der Waals surface area contributed by atoms with Gasteiger partial charge < -0.3 is 36.6 Å². The van der Waals surface area contributed by atoms with E-state index in [1.54, 1.807) is 24.3 Å². The lowest BCUT2D eigenvalue weighted by Gasteiger charge is -2.52. The number of amides is 1. The number of carbonyl (C=O) groups is 2. The maximum Gasteiger partial charge on any atom is 0.408 e. The second-order valence-electron chi connectivity index (χ2n) is 10.1. The number of benzene rings is 3. The molecule has 3 fully saturated rings. The van der Waals surface area contributed by atoms with E-state index in [2.05, 4.69) is 5.32 Å². The van der Waals surface area contributed by atoms with Crippen LogP contribution in [0.5, 0.6) is 5.75 Å². The van der Waals surface area contributed by atoms with Gasteiger partial charge in [-0.3, -0.25) is 4.79 Å². The van der Waals surface area contributed by atoms with Gasteiger partial charge in [0.1, 0.15) is 23.9 Å². The normalized spacial score (nSPS) is 22.0.